The Morgan fingerprint density at radius 2 is 1.82 bits per heavy atom. The van der Waals surface area contributed by atoms with Crippen molar-refractivity contribution < 1.29 is 14.3 Å². The van der Waals surface area contributed by atoms with E-state index in [-0.39, 0.29) is 29.1 Å². The van der Waals surface area contributed by atoms with Crippen LogP contribution in [-0.4, -0.2) is 53.0 Å². The molecule has 22 heavy (non-hydrogen) atoms. The lowest BCUT2D eigenvalue weighted by Crippen LogP contribution is -2.52. The van der Waals surface area contributed by atoms with E-state index >= 15 is 0 Å². The van der Waals surface area contributed by atoms with E-state index in [4.69, 9.17) is 9.47 Å². The molecule has 1 aliphatic heterocycles. The molecule has 6 heteroatoms. The Morgan fingerprint density at radius 3 is 2.32 bits per heavy atom. The number of hydrogen-bond donors (Lipinski definition) is 2. The Labute approximate surface area is 140 Å². The highest BCUT2D eigenvalue weighted by Gasteiger charge is 2.44. The van der Waals surface area contributed by atoms with E-state index in [9.17, 15) is 4.79 Å². The summed E-state index contributed by atoms with van der Waals surface area (Å²) in [6.07, 6.45) is 6.12. The van der Waals surface area contributed by atoms with Gasteiger partial charge >= 0.3 is 0 Å². The minimum absolute atomic E-state index is 0. The van der Waals surface area contributed by atoms with Crippen molar-refractivity contribution in [1.29, 1.82) is 0 Å². The number of rotatable bonds is 8. The zero-order valence-electron chi connectivity index (χ0n) is 13.9. The molecule has 0 aromatic carbocycles. The van der Waals surface area contributed by atoms with Crippen molar-refractivity contribution in [2.75, 3.05) is 47.1 Å². The molecule has 1 heterocycles. The minimum atomic E-state index is -0.169. The third-order valence-electron chi connectivity index (χ3n) is 5.32. The Bertz CT molecular complexity index is 337. The van der Waals surface area contributed by atoms with E-state index in [2.05, 4.69) is 10.6 Å². The van der Waals surface area contributed by atoms with Gasteiger partial charge in [0.1, 0.15) is 0 Å². The van der Waals surface area contributed by atoms with E-state index < -0.39 is 0 Å². The molecule has 1 saturated carbocycles. The fourth-order valence-electron chi connectivity index (χ4n) is 3.58. The summed E-state index contributed by atoms with van der Waals surface area (Å²) in [5, 5.41) is 6.61. The van der Waals surface area contributed by atoms with Gasteiger partial charge in [0.15, 0.2) is 0 Å². The van der Waals surface area contributed by atoms with E-state index in [1.54, 1.807) is 14.2 Å². The second-order valence-electron chi connectivity index (χ2n) is 6.74. The zero-order chi connectivity index (χ0) is 15.2. The number of carbonyl (C=O) groups excluding carboxylic acids is 1. The molecular formula is C16H31ClN2O3. The van der Waals surface area contributed by atoms with Crippen LogP contribution < -0.4 is 10.6 Å². The van der Waals surface area contributed by atoms with Gasteiger partial charge in [0.2, 0.25) is 5.91 Å². The van der Waals surface area contributed by atoms with Crippen LogP contribution in [0.15, 0.2) is 0 Å². The smallest absolute Gasteiger partial charge is 0.226 e. The number of carbonyl (C=O) groups is 1. The highest BCUT2D eigenvalue weighted by atomic mass is 35.5. The number of nitrogens with one attached hydrogen (secondary N) is 2. The van der Waals surface area contributed by atoms with E-state index in [0.717, 1.165) is 64.8 Å². The lowest BCUT2D eigenvalue weighted by Gasteiger charge is -2.42. The second kappa shape index (κ2) is 9.06. The van der Waals surface area contributed by atoms with Gasteiger partial charge in [-0.05, 0) is 45.2 Å². The molecule has 2 fully saturated rings. The number of hydrogen-bond acceptors (Lipinski definition) is 4. The summed E-state index contributed by atoms with van der Waals surface area (Å²) < 4.78 is 10.6. The average molecular weight is 335 g/mol. The molecular weight excluding hydrogens is 304 g/mol. The van der Waals surface area contributed by atoms with Crippen molar-refractivity contribution in [1.82, 2.24) is 10.6 Å². The Hall–Kier alpha value is -0.360. The van der Waals surface area contributed by atoms with E-state index in [1.807, 2.05) is 0 Å². The third-order valence-corrected chi connectivity index (χ3v) is 5.32. The standard InChI is InChI=1S/C16H30N2O3.ClH/c1-20-11-8-16(4-3-5-16)14(19)18-12-15(13-21-2)6-9-17-10-7-15;/h17H,3-13H2,1-2H3,(H,18,19);1H. The zero-order valence-corrected chi connectivity index (χ0v) is 14.7. The van der Waals surface area contributed by atoms with Crippen molar-refractivity contribution in [2.45, 2.75) is 38.5 Å². The fraction of sp³-hybridized carbons (Fsp3) is 0.938. The summed E-state index contributed by atoms with van der Waals surface area (Å²) in [5.74, 6) is 0.222. The van der Waals surface area contributed by atoms with Crippen LogP contribution in [0.3, 0.4) is 0 Å². The lowest BCUT2D eigenvalue weighted by atomic mass is 9.66. The van der Waals surface area contributed by atoms with Gasteiger partial charge in [-0.2, -0.15) is 0 Å². The summed E-state index contributed by atoms with van der Waals surface area (Å²) in [6, 6.07) is 0. The van der Waals surface area contributed by atoms with Gasteiger partial charge < -0.3 is 20.1 Å². The SMILES string of the molecule is COCCC1(C(=O)NCC2(COC)CCNCC2)CCC1.Cl. The lowest BCUT2D eigenvalue weighted by molar-refractivity contribution is -0.138. The van der Waals surface area contributed by atoms with Gasteiger partial charge in [0.25, 0.3) is 0 Å². The predicted molar refractivity (Wildman–Crippen MR) is 89.4 cm³/mol. The van der Waals surface area contributed by atoms with Crippen LogP contribution in [0.4, 0.5) is 0 Å². The summed E-state index contributed by atoms with van der Waals surface area (Å²) in [5.41, 5.74) is -0.0704. The maximum atomic E-state index is 12.6. The predicted octanol–water partition coefficient (Wildman–Crippen LogP) is 1.75. The largest absolute Gasteiger partial charge is 0.385 e. The summed E-state index contributed by atoms with van der Waals surface area (Å²) in [4.78, 5) is 12.6. The van der Waals surface area contributed by atoms with Crippen LogP contribution in [0, 0.1) is 10.8 Å². The van der Waals surface area contributed by atoms with Crippen LogP contribution in [0.1, 0.15) is 38.5 Å². The number of ether oxygens (including phenoxy) is 2. The molecule has 0 atom stereocenters. The van der Waals surface area contributed by atoms with Gasteiger partial charge in [0.05, 0.1) is 12.0 Å². The van der Waals surface area contributed by atoms with Crippen molar-refractivity contribution in [3.8, 4) is 0 Å². The molecule has 1 amide bonds. The Balaban J connectivity index is 0.00000242. The molecule has 0 unspecified atom stereocenters. The van der Waals surface area contributed by atoms with Crippen LogP contribution in [-0.2, 0) is 14.3 Å². The molecule has 0 bridgehead atoms. The van der Waals surface area contributed by atoms with Crippen LogP contribution in [0.25, 0.3) is 0 Å². The first kappa shape index (κ1) is 19.7. The molecule has 130 valence electrons. The normalized spacial score (nSPS) is 22.3. The summed E-state index contributed by atoms with van der Waals surface area (Å²) in [6.45, 7) is 4.14. The first-order valence-corrected chi connectivity index (χ1v) is 8.13. The molecule has 2 rings (SSSR count). The van der Waals surface area contributed by atoms with Gasteiger partial charge in [0, 0.05) is 32.8 Å². The summed E-state index contributed by atoms with van der Waals surface area (Å²) >= 11 is 0. The number of amides is 1. The van der Waals surface area contributed by atoms with Crippen LogP contribution >= 0.6 is 12.4 Å². The third kappa shape index (κ3) is 4.57. The Morgan fingerprint density at radius 1 is 1.14 bits per heavy atom. The molecule has 0 aromatic rings. The highest BCUT2D eigenvalue weighted by Crippen LogP contribution is 2.44. The molecule has 0 spiro atoms. The monoisotopic (exact) mass is 334 g/mol. The van der Waals surface area contributed by atoms with Crippen molar-refractivity contribution in [3.05, 3.63) is 0 Å². The second-order valence-corrected chi connectivity index (χ2v) is 6.74. The Kier molecular flexibility index (Phi) is 8.11. The molecule has 5 nitrogen and oxygen atoms in total. The first-order chi connectivity index (χ1) is 10.2. The molecule has 0 aromatic heterocycles. The fourth-order valence-corrected chi connectivity index (χ4v) is 3.58. The van der Waals surface area contributed by atoms with Gasteiger partial charge in [-0.25, -0.2) is 0 Å². The average Bonchev–Trinajstić information content (AvgIpc) is 2.45. The number of methoxy groups -OCH3 is 2. The number of piperidine rings is 1. The van der Waals surface area contributed by atoms with Gasteiger partial charge in [-0.1, -0.05) is 6.42 Å². The van der Waals surface area contributed by atoms with E-state index in [0.29, 0.717) is 6.61 Å². The molecule has 0 radical (unpaired) electrons. The number of halogens is 1. The van der Waals surface area contributed by atoms with Crippen molar-refractivity contribution in [3.63, 3.8) is 0 Å². The first-order valence-electron chi connectivity index (χ1n) is 8.13. The highest BCUT2D eigenvalue weighted by molar-refractivity contribution is 5.85. The topological polar surface area (TPSA) is 59.6 Å². The van der Waals surface area contributed by atoms with Gasteiger partial charge in [-0.3, -0.25) is 4.79 Å². The van der Waals surface area contributed by atoms with E-state index in [1.165, 1.54) is 0 Å². The van der Waals surface area contributed by atoms with Crippen molar-refractivity contribution >= 4 is 18.3 Å². The summed E-state index contributed by atoms with van der Waals surface area (Å²) in [7, 11) is 3.45. The maximum Gasteiger partial charge on any atom is 0.226 e. The molecule has 2 aliphatic rings. The maximum absolute atomic E-state index is 12.6. The molecule has 1 aliphatic carbocycles. The molecule has 1 saturated heterocycles. The minimum Gasteiger partial charge on any atom is -0.385 e. The van der Waals surface area contributed by atoms with Gasteiger partial charge in [-0.15, -0.1) is 12.4 Å². The van der Waals surface area contributed by atoms with Crippen LogP contribution in [0.2, 0.25) is 0 Å². The quantitative estimate of drug-likeness (QED) is 0.710. The van der Waals surface area contributed by atoms with Crippen LogP contribution in [0.5, 0.6) is 0 Å². The van der Waals surface area contributed by atoms with Crippen molar-refractivity contribution in [2.24, 2.45) is 10.8 Å². The molecule has 2 N–H and O–H groups in total.